The number of phosphoric acid groups is 1. The molecule has 0 saturated carbocycles. The van der Waals surface area contributed by atoms with Gasteiger partial charge in [0.25, 0.3) is 7.82 Å². The molecule has 0 aliphatic carbocycles. The molecule has 0 spiro atoms. The number of aliphatic hydroxyl groups excluding tert-OH is 1. The molecule has 0 fully saturated rings. The summed E-state index contributed by atoms with van der Waals surface area (Å²) in [5.74, 6) is 1.26. The van der Waals surface area contributed by atoms with Crippen molar-refractivity contribution in [1.82, 2.24) is 0 Å². The molecular weight excluding hydrogens is 757 g/mol. The summed E-state index contributed by atoms with van der Waals surface area (Å²) in [6, 6.07) is 0. The summed E-state index contributed by atoms with van der Waals surface area (Å²) >= 11 is 0. The summed E-state index contributed by atoms with van der Waals surface area (Å²) in [5.41, 5.74) is 2.55. The van der Waals surface area contributed by atoms with E-state index in [2.05, 4.69) is 64.2 Å². The number of esters is 2. The van der Waals surface area contributed by atoms with Crippen LogP contribution in [0.25, 0.3) is 0 Å². The van der Waals surface area contributed by atoms with Crippen molar-refractivity contribution in [2.24, 2.45) is 0 Å². The van der Waals surface area contributed by atoms with E-state index in [1.165, 1.54) is 11.1 Å². The van der Waals surface area contributed by atoms with Crippen molar-refractivity contribution >= 4 is 19.8 Å². The molecule has 1 aromatic heterocycles. The summed E-state index contributed by atoms with van der Waals surface area (Å²) in [6.45, 7) is 8.08. The lowest BCUT2D eigenvalue weighted by Crippen LogP contribution is -2.37. The smallest absolute Gasteiger partial charge is 0.306 e. The maximum atomic E-state index is 12.7. The van der Waals surface area contributed by atoms with Gasteiger partial charge in [-0.05, 0) is 89.2 Å². The third-order valence-electron chi connectivity index (χ3n) is 9.58. The maximum absolute atomic E-state index is 12.7. The van der Waals surface area contributed by atoms with Crippen LogP contribution in [0.2, 0.25) is 0 Å². The van der Waals surface area contributed by atoms with Gasteiger partial charge in [0.05, 0.1) is 33.9 Å². The molecule has 1 rings (SSSR count). The molecule has 0 amide bonds. The predicted octanol–water partition coefficient (Wildman–Crippen LogP) is 9.90. The molecule has 58 heavy (non-hydrogen) atoms. The van der Waals surface area contributed by atoms with Crippen LogP contribution in [0.15, 0.2) is 53.0 Å². The fourth-order valence-corrected chi connectivity index (χ4v) is 6.67. The van der Waals surface area contributed by atoms with Crippen LogP contribution in [-0.4, -0.2) is 81.2 Å². The van der Waals surface area contributed by atoms with Crippen LogP contribution in [-0.2, 0) is 45.5 Å². The summed E-state index contributed by atoms with van der Waals surface area (Å²) < 4.78 is 39.9. The molecule has 0 saturated heterocycles. The van der Waals surface area contributed by atoms with Crippen molar-refractivity contribution < 1.29 is 51.6 Å². The molecule has 332 valence electrons. The minimum absolute atomic E-state index is 0.0568. The zero-order valence-corrected chi connectivity index (χ0v) is 37.9. The molecule has 1 aromatic rings. The molecule has 1 N–H and O–H groups in total. The SMILES string of the molecule is CCCc1oc(CCCCCCCCC(=O)O[C@H](COC(=O)CCC/C=C\C/C=C\C/C=C\C/C=C\CC(O)CCC)COP(=O)([O-])OCC[N+](C)(C)C)c(C)c1C. The van der Waals surface area contributed by atoms with Gasteiger partial charge in [0.2, 0.25) is 0 Å². The molecular formula is C46H78NO10P. The second-order valence-electron chi connectivity index (χ2n) is 16.1. The highest BCUT2D eigenvalue weighted by Crippen LogP contribution is 2.38. The summed E-state index contributed by atoms with van der Waals surface area (Å²) in [5, 5.41) is 9.74. The third kappa shape index (κ3) is 28.6. The van der Waals surface area contributed by atoms with E-state index in [9.17, 15) is 24.2 Å². The van der Waals surface area contributed by atoms with E-state index in [1.54, 1.807) is 0 Å². The highest BCUT2D eigenvalue weighted by atomic mass is 31.2. The predicted molar refractivity (Wildman–Crippen MR) is 231 cm³/mol. The molecule has 3 atom stereocenters. The first-order valence-corrected chi connectivity index (χ1v) is 23.2. The van der Waals surface area contributed by atoms with Crippen LogP contribution in [0.4, 0.5) is 0 Å². The Labute approximate surface area is 351 Å². The number of hydrogen-bond acceptors (Lipinski definition) is 10. The Bertz CT molecular complexity index is 1420. The van der Waals surface area contributed by atoms with Gasteiger partial charge in [-0.15, -0.1) is 0 Å². The Morgan fingerprint density at radius 2 is 1.31 bits per heavy atom. The van der Waals surface area contributed by atoms with Gasteiger partial charge in [-0.2, -0.15) is 0 Å². The third-order valence-corrected chi connectivity index (χ3v) is 10.5. The number of unbranched alkanes of at least 4 members (excludes halogenated alkanes) is 6. The van der Waals surface area contributed by atoms with Crippen molar-refractivity contribution in [2.75, 3.05) is 47.5 Å². The van der Waals surface area contributed by atoms with E-state index in [0.29, 0.717) is 36.7 Å². The molecule has 1 heterocycles. The second kappa shape index (κ2) is 32.0. The first kappa shape index (κ1) is 53.2. The van der Waals surface area contributed by atoms with Crippen LogP contribution >= 0.6 is 7.82 Å². The van der Waals surface area contributed by atoms with Gasteiger partial charge in [-0.3, -0.25) is 14.2 Å². The number of hydrogen-bond donors (Lipinski definition) is 1. The zero-order chi connectivity index (χ0) is 43.1. The Balaban J connectivity index is 2.42. The number of likely N-dealkylation sites (N-methyl/N-ethyl adjacent to an activating group) is 1. The number of aliphatic hydroxyl groups is 1. The molecule has 0 radical (unpaired) electrons. The molecule has 11 nitrogen and oxygen atoms in total. The number of carbonyl (C=O) groups is 2. The van der Waals surface area contributed by atoms with E-state index in [0.717, 1.165) is 95.0 Å². The van der Waals surface area contributed by atoms with Crippen molar-refractivity contribution in [3.63, 3.8) is 0 Å². The topological polar surface area (TPSA) is 145 Å². The van der Waals surface area contributed by atoms with Gasteiger partial charge in [0.15, 0.2) is 6.10 Å². The quantitative estimate of drug-likeness (QED) is 0.0231. The number of allylic oxidation sites excluding steroid dienone is 7. The summed E-state index contributed by atoms with van der Waals surface area (Å²) in [7, 11) is 1.08. The minimum Gasteiger partial charge on any atom is -0.756 e. The van der Waals surface area contributed by atoms with Gasteiger partial charge in [0.1, 0.15) is 31.3 Å². The van der Waals surface area contributed by atoms with Crippen LogP contribution in [0, 0.1) is 13.8 Å². The average molecular weight is 836 g/mol. The van der Waals surface area contributed by atoms with Gasteiger partial charge < -0.3 is 37.4 Å². The van der Waals surface area contributed by atoms with Crippen LogP contribution in [0.3, 0.4) is 0 Å². The average Bonchev–Trinajstić information content (AvgIpc) is 3.42. The van der Waals surface area contributed by atoms with Gasteiger partial charge in [-0.1, -0.05) is 94.6 Å². The lowest BCUT2D eigenvalue weighted by Gasteiger charge is -2.28. The standard InChI is InChI=1S/C46H78NO10P/c1-8-29-41(48)31-25-21-17-15-13-11-10-12-14-16-18-23-27-33-45(49)53-37-42(38-55-58(51,52)54-36-35-47(5,6)7)56-46(50)34-28-24-20-19-22-26-32-44-40(4)39(3)43(57-44)30-9-2/h10,12-13,15-16,18,21,25,41-42,48H,8-9,11,14,17,19-20,22-24,26-38H2,1-7H3/b12-10-,15-13-,18-16-,25-21-/t41?,42-/m1/s1. The number of nitrogens with zero attached hydrogens (tertiary/aromatic N) is 1. The number of ether oxygens (including phenoxy) is 2. The Morgan fingerprint density at radius 3 is 1.93 bits per heavy atom. The molecule has 12 heteroatoms. The monoisotopic (exact) mass is 836 g/mol. The highest BCUT2D eigenvalue weighted by molar-refractivity contribution is 7.45. The second-order valence-corrected chi connectivity index (χ2v) is 17.5. The van der Waals surface area contributed by atoms with Crippen molar-refractivity contribution in [3.05, 3.63) is 71.3 Å². The number of aryl methyl sites for hydroxylation is 2. The normalized spacial score (nSPS) is 14.6. The van der Waals surface area contributed by atoms with E-state index in [-0.39, 0.29) is 32.2 Å². The van der Waals surface area contributed by atoms with Crippen LogP contribution in [0.1, 0.15) is 146 Å². The van der Waals surface area contributed by atoms with Gasteiger partial charge >= 0.3 is 11.9 Å². The maximum Gasteiger partial charge on any atom is 0.306 e. The van der Waals surface area contributed by atoms with E-state index in [4.69, 9.17) is 22.9 Å². The van der Waals surface area contributed by atoms with E-state index < -0.39 is 32.5 Å². The summed E-state index contributed by atoms with van der Waals surface area (Å²) in [6.07, 6.45) is 30.7. The minimum atomic E-state index is -4.66. The summed E-state index contributed by atoms with van der Waals surface area (Å²) in [4.78, 5) is 37.6. The molecule has 2 unspecified atom stereocenters. The van der Waals surface area contributed by atoms with Crippen molar-refractivity contribution in [1.29, 1.82) is 0 Å². The van der Waals surface area contributed by atoms with E-state index in [1.807, 2.05) is 33.3 Å². The number of phosphoric ester groups is 1. The van der Waals surface area contributed by atoms with Crippen molar-refractivity contribution in [3.8, 4) is 0 Å². The van der Waals surface area contributed by atoms with E-state index >= 15 is 0 Å². The fraction of sp³-hybridized carbons (Fsp3) is 0.696. The number of quaternary nitrogens is 1. The highest BCUT2D eigenvalue weighted by Gasteiger charge is 2.22. The zero-order valence-electron chi connectivity index (χ0n) is 37.1. The lowest BCUT2D eigenvalue weighted by molar-refractivity contribution is -0.870. The van der Waals surface area contributed by atoms with Crippen LogP contribution in [0.5, 0.6) is 0 Å². The number of furan rings is 1. The van der Waals surface area contributed by atoms with Gasteiger partial charge in [-0.25, -0.2) is 0 Å². The van der Waals surface area contributed by atoms with Crippen molar-refractivity contribution in [2.45, 2.75) is 162 Å². The van der Waals surface area contributed by atoms with Gasteiger partial charge in [0, 0.05) is 25.7 Å². The first-order valence-electron chi connectivity index (χ1n) is 21.8. The molecule has 0 aliphatic rings. The number of carbonyl (C=O) groups excluding carboxylic acids is 2. The Morgan fingerprint density at radius 1 is 0.741 bits per heavy atom. The lowest BCUT2D eigenvalue weighted by atomic mass is 10.0. The van der Waals surface area contributed by atoms with Crippen LogP contribution < -0.4 is 4.89 Å². The Kier molecular flexibility index (Phi) is 29.4. The molecule has 0 bridgehead atoms. The molecule has 0 aliphatic heterocycles. The molecule has 0 aromatic carbocycles. The largest absolute Gasteiger partial charge is 0.756 e. The fourth-order valence-electron chi connectivity index (χ4n) is 5.94. The Hall–Kier alpha value is -2.79. The number of rotatable bonds is 35. The first-order chi connectivity index (χ1) is 27.7.